The highest BCUT2D eigenvalue weighted by atomic mass is 16.5. The summed E-state index contributed by atoms with van der Waals surface area (Å²) >= 11 is 0. The maximum Gasteiger partial charge on any atom is 0.246 e. The molecule has 1 aromatic carbocycles. The van der Waals surface area contributed by atoms with Crippen LogP contribution in [0.3, 0.4) is 0 Å². The van der Waals surface area contributed by atoms with E-state index in [1.165, 1.54) is 24.0 Å². The Labute approximate surface area is 200 Å². The van der Waals surface area contributed by atoms with Gasteiger partial charge in [-0.15, -0.1) is 0 Å². The molecule has 3 aliphatic carbocycles. The number of ether oxygens (including phenoxy) is 1. The van der Waals surface area contributed by atoms with Crippen molar-refractivity contribution >= 4 is 12.0 Å². The summed E-state index contributed by atoms with van der Waals surface area (Å²) in [5, 5.41) is 12.5. The Balaban J connectivity index is 1.26. The van der Waals surface area contributed by atoms with Crippen molar-refractivity contribution in [3.63, 3.8) is 0 Å². The van der Waals surface area contributed by atoms with E-state index in [4.69, 9.17) is 9.15 Å². The van der Waals surface area contributed by atoms with Gasteiger partial charge >= 0.3 is 0 Å². The zero-order valence-electron chi connectivity index (χ0n) is 19.7. The van der Waals surface area contributed by atoms with Crippen LogP contribution in [0, 0.1) is 5.92 Å². The number of nitrogens with zero attached hydrogens (tertiary/aromatic N) is 2. The molecule has 0 unspecified atom stereocenters. The van der Waals surface area contributed by atoms with Crippen LogP contribution in [0.15, 0.2) is 47.3 Å². The van der Waals surface area contributed by atoms with E-state index in [0.717, 1.165) is 49.6 Å². The third-order valence-corrected chi connectivity index (χ3v) is 9.44. The number of carbonyl (C=O) groups excluding carboxylic acids is 1. The van der Waals surface area contributed by atoms with Crippen LogP contribution >= 0.6 is 0 Å². The standard InChI is InChI=1S/C28H32N2O4/c1-29(24(31)8-7-19-10-14-33-17-19)21-9-11-28(32)23-15-20-3-2-4-22-25(20)27(28,26(21)34-22)12-13-30(23)16-18-5-6-18/h2-4,7-8,10,14,17-18,21,23,26,32H,5-6,9,11-13,15-16H2,1H3/b8-7+/t21-,23-,26+,27+,28-/m1/s1. The SMILES string of the molecule is CN(C(=O)/C=C/c1ccoc1)[C@@H]1CC[C@@]2(O)[C@H]3Cc4cccc5c4[C@@]2(CCN3CC2CC2)[C@H]1O5. The lowest BCUT2D eigenvalue weighted by atomic mass is 9.48. The van der Waals surface area contributed by atoms with Crippen molar-refractivity contribution in [1.82, 2.24) is 9.80 Å². The minimum Gasteiger partial charge on any atom is -0.487 e. The molecule has 2 aliphatic heterocycles. The highest BCUT2D eigenvalue weighted by molar-refractivity contribution is 5.91. The first-order valence-electron chi connectivity index (χ1n) is 12.7. The predicted octanol–water partition coefficient (Wildman–Crippen LogP) is 3.38. The van der Waals surface area contributed by atoms with Crippen LogP contribution in [0.1, 0.15) is 48.8 Å². The number of furan rings is 1. The highest BCUT2D eigenvalue weighted by Gasteiger charge is 2.73. The normalized spacial score (nSPS) is 35.8. The fourth-order valence-electron chi connectivity index (χ4n) is 7.64. The molecule has 5 aliphatic rings. The third kappa shape index (κ3) is 2.73. The number of carbonyl (C=O) groups is 1. The number of hydrogen-bond acceptors (Lipinski definition) is 5. The molecular formula is C28H32N2O4. The van der Waals surface area contributed by atoms with Gasteiger partial charge in [0.15, 0.2) is 0 Å². The summed E-state index contributed by atoms with van der Waals surface area (Å²) in [7, 11) is 1.88. The van der Waals surface area contributed by atoms with Gasteiger partial charge in [0.05, 0.1) is 29.6 Å². The van der Waals surface area contributed by atoms with Gasteiger partial charge in [0.2, 0.25) is 5.91 Å². The Hall–Kier alpha value is -2.57. The van der Waals surface area contributed by atoms with Crippen LogP contribution in [0.4, 0.5) is 0 Å². The molecule has 3 fully saturated rings. The van der Waals surface area contributed by atoms with Crippen molar-refractivity contribution in [2.75, 3.05) is 20.1 Å². The van der Waals surface area contributed by atoms with Crippen LogP contribution in [-0.4, -0.2) is 64.7 Å². The second-order valence-electron chi connectivity index (χ2n) is 11.1. The summed E-state index contributed by atoms with van der Waals surface area (Å²) < 4.78 is 11.8. The van der Waals surface area contributed by atoms with E-state index in [-0.39, 0.29) is 24.1 Å². The first-order valence-corrected chi connectivity index (χ1v) is 12.7. The molecule has 34 heavy (non-hydrogen) atoms. The number of benzene rings is 1. The van der Waals surface area contributed by atoms with Crippen molar-refractivity contribution < 1.29 is 19.1 Å². The molecule has 7 rings (SSSR count). The van der Waals surface area contributed by atoms with E-state index in [9.17, 15) is 9.90 Å². The van der Waals surface area contributed by atoms with Gasteiger partial charge in [0.25, 0.3) is 0 Å². The fraction of sp³-hybridized carbons (Fsp3) is 0.536. The van der Waals surface area contributed by atoms with Crippen molar-refractivity contribution in [3.05, 3.63) is 59.6 Å². The van der Waals surface area contributed by atoms with E-state index < -0.39 is 11.0 Å². The Bertz CT molecular complexity index is 1160. The summed E-state index contributed by atoms with van der Waals surface area (Å²) in [6.07, 6.45) is 12.2. The number of hydrogen-bond donors (Lipinski definition) is 1. The molecule has 1 spiro atoms. The molecule has 6 heteroatoms. The Morgan fingerprint density at radius 1 is 1.26 bits per heavy atom. The second kappa shape index (κ2) is 7.22. The minimum atomic E-state index is -0.822. The largest absolute Gasteiger partial charge is 0.487 e. The van der Waals surface area contributed by atoms with Crippen molar-refractivity contribution in [2.24, 2.45) is 5.92 Å². The molecule has 1 N–H and O–H groups in total. The Kier molecular flexibility index (Phi) is 4.41. The van der Waals surface area contributed by atoms with Crippen LogP contribution in [-0.2, 0) is 16.6 Å². The molecule has 6 nitrogen and oxygen atoms in total. The number of rotatable bonds is 5. The Morgan fingerprint density at radius 3 is 2.94 bits per heavy atom. The summed E-state index contributed by atoms with van der Waals surface area (Å²) in [5.74, 6) is 1.66. The van der Waals surface area contributed by atoms with Gasteiger partial charge < -0.3 is 19.2 Å². The first kappa shape index (κ1) is 20.8. The maximum absolute atomic E-state index is 13.2. The van der Waals surface area contributed by atoms with Gasteiger partial charge in [-0.3, -0.25) is 9.69 Å². The van der Waals surface area contributed by atoms with Crippen LogP contribution < -0.4 is 4.74 Å². The van der Waals surface area contributed by atoms with E-state index in [0.29, 0.717) is 6.42 Å². The Morgan fingerprint density at radius 2 is 2.15 bits per heavy atom. The van der Waals surface area contributed by atoms with E-state index >= 15 is 0 Å². The number of aliphatic hydroxyl groups is 1. The number of likely N-dealkylation sites (tertiary alicyclic amines) is 1. The van der Waals surface area contributed by atoms with Crippen molar-refractivity contribution in [1.29, 1.82) is 0 Å². The number of likely N-dealkylation sites (N-methyl/N-ethyl adjacent to an activating group) is 1. The summed E-state index contributed by atoms with van der Waals surface area (Å²) in [5.41, 5.74) is 2.14. The smallest absolute Gasteiger partial charge is 0.246 e. The summed E-state index contributed by atoms with van der Waals surface area (Å²) in [6.45, 7) is 2.09. The molecule has 3 heterocycles. The first-order chi connectivity index (χ1) is 16.5. The zero-order chi connectivity index (χ0) is 23.1. The average molecular weight is 461 g/mol. The van der Waals surface area contributed by atoms with Gasteiger partial charge in [-0.05, 0) is 74.8 Å². The lowest BCUT2D eigenvalue weighted by molar-refractivity contribution is -0.200. The van der Waals surface area contributed by atoms with E-state index in [2.05, 4.69) is 23.1 Å². The lowest BCUT2D eigenvalue weighted by Gasteiger charge is -2.64. The van der Waals surface area contributed by atoms with E-state index in [1.54, 1.807) is 24.7 Å². The number of piperidine rings is 1. The molecule has 1 saturated heterocycles. The molecule has 2 bridgehead atoms. The molecule has 0 radical (unpaired) electrons. The lowest BCUT2D eigenvalue weighted by Crippen LogP contribution is -2.78. The average Bonchev–Trinajstić information content (AvgIpc) is 3.35. The highest BCUT2D eigenvalue weighted by Crippen LogP contribution is 2.64. The molecule has 5 atom stereocenters. The second-order valence-corrected chi connectivity index (χ2v) is 11.1. The quantitative estimate of drug-likeness (QED) is 0.693. The van der Waals surface area contributed by atoms with Crippen molar-refractivity contribution in [3.8, 4) is 5.75 Å². The summed E-state index contributed by atoms with van der Waals surface area (Å²) in [6, 6.07) is 8.24. The fourth-order valence-corrected chi connectivity index (χ4v) is 7.64. The molecular weight excluding hydrogens is 428 g/mol. The zero-order valence-corrected chi connectivity index (χ0v) is 19.7. The van der Waals surface area contributed by atoms with E-state index in [1.807, 2.05) is 18.0 Å². The number of amides is 1. The topological polar surface area (TPSA) is 66.2 Å². The van der Waals surface area contributed by atoms with Gasteiger partial charge in [-0.2, -0.15) is 0 Å². The third-order valence-electron chi connectivity index (χ3n) is 9.44. The predicted molar refractivity (Wildman–Crippen MR) is 127 cm³/mol. The van der Waals surface area contributed by atoms with Gasteiger partial charge in [0, 0.05) is 36.8 Å². The van der Waals surface area contributed by atoms with Crippen LogP contribution in [0.5, 0.6) is 5.75 Å². The monoisotopic (exact) mass is 460 g/mol. The summed E-state index contributed by atoms with van der Waals surface area (Å²) in [4.78, 5) is 17.6. The van der Waals surface area contributed by atoms with Gasteiger partial charge in [-0.1, -0.05) is 12.1 Å². The van der Waals surface area contributed by atoms with Crippen LogP contribution in [0.25, 0.3) is 6.08 Å². The molecule has 2 saturated carbocycles. The molecule has 178 valence electrons. The maximum atomic E-state index is 13.2. The minimum absolute atomic E-state index is 0.0497. The molecule has 1 aromatic heterocycles. The van der Waals surface area contributed by atoms with Crippen LogP contribution in [0.2, 0.25) is 0 Å². The molecule has 1 amide bonds. The van der Waals surface area contributed by atoms with Gasteiger partial charge in [-0.25, -0.2) is 0 Å². The van der Waals surface area contributed by atoms with Gasteiger partial charge in [0.1, 0.15) is 11.9 Å². The molecule has 2 aromatic rings. The van der Waals surface area contributed by atoms with Crippen molar-refractivity contribution in [2.45, 2.75) is 67.7 Å².